The quantitative estimate of drug-likeness (QED) is 0.0113. The van der Waals surface area contributed by atoms with Crippen LogP contribution in [-0.2, 0) is 32.6 Å². The average molecular weight is 862 g/mol. The van der Waals surface area contributed by atoms with E-state index in [-0.39, 0.29) is 39.3 Å². The fraction of sp³-hybridized carbons (Fsp3) is 0.844. The van der Waals surface area contributed by atoms with Gasteiger partial charge in [0, 0.05) is 13.0 Å². The summed E-state index contributed by atoms with van der Waals surface area (Å²) in [6, 6.07) is 0. The fourth-order valence-corrected chi connectivity index (χ4v) is 7.36. The van der Waals surface area contributed by atoms with Crippen molar-refractivity contribution < 1.29 is 57.9 Å². The maximum atomic E-state index is 12.7. The Kier molecular flexibility index (Phi) is 34.7. The van der Waals surface area contributed by atoms with Gasteiger partial charge in [-0.3, -0.25) is 13.8 Å². The van der Waals surface area contributed by atoms with E-state index >= 15 is 0 Å². The Morgan fingerprint density at radius 3 is 1.88 bits per heavy atom. The van der Waals surface area contributed by atoms with Gasteiger partial charge in [0.05, 0.1) is 32.6 Å². The largest absolute Gasteiger partial charge is 0.498 e. The van der Waals surface area contributed by atoms with Crippen LogP contribution in [0.2, 0.25) is 0 Å². The van der Waals surface area contributed by atoms with Gasteiger partial charge in [0.25, 0.3) is 0 Å². The van der Waals surface area contributed by atoms with Crippen molar-refractivity contribution in [2.75, 3.05) is 39.5 Å². The van der Waals surface area contributed by atoms with Gasteiger partial charge >= 0.3 is 13.8 Å². The van der Waals surface area contributed by atoms with Crippen LogP contribution in [0.3, 0.4) is 0 Å². The Labute approximate surface area is 357 Å². The monoisotopic (exact) mass is 862 g/mol. The number of phosphoric acid groups is 1. The molecule has 1 aliphatic heterocycles. The van der Waals surface area contributed by atoms with Gasteiger partial charge in [-0.05, 0) is 57.4 Å². The van der Waals surface area contributed by atoms with Gasteiger partial charge in [0.1, 0.15) is 24.9 Å². The molecule has 59 heavy (non-hydrogen) atoms. The van der Waals surface area contributed by atoms with E-state index in [0.29, 0.717) is 6.42 Å². The third kappa shape index (κ3) is 30.9. The second kappa shape index (κ2) is 37.0. The minimum atomic E-state index is -4.57. The number of hydrogen-bond acceptors (Lipinski definition) is 12. The van der Waals surface area contributed by atoms with Gasteiger partial charge < -0.3 is 44.8 Å². The maximum absolute atomic E-state index is 12.7. The van der Waals surface area contributed by atoms with Crippen molar-refractivity contribution in [3.63, 3.8) is 0 Å². The van der Waals surface area contributed by atoms with Gasteiger partial charge in [-0.2, -0.15) is 0 Å². The summed E-state index contributed by atoms with van der Waals surface area (Å²) in [4.78, 5) is 23.0. The molecule has 0 aliphatic carbocycles. The normalized spacial score (nSPS) is 21.4. The number of aliphatic hydroxyl groups excluding tert-OH is 3. The Morgan fingerprint density at radius 2 is 1.27 bits per heavy atom. The first-order valence-electron chi connectivity index (χ1n) is 23.0. The molecule has 1 aliphatic rings. The third-order valence-corrected chi connectivity index (χ3v) is 11.3. The topological polar surface area (TPSA) is 193 Å². The first kappa shape index (κ1) is 55.4. The first-order valence-corrected chi connectivity index (χ1v) is 24.5. The number of nitrogens with one attached hydrogen (secondary N) is 1. The van der Waals surface area contributed by atoms with Crippen molar-refractivity contribution in [1.29, 1.82) is 0 Å². The summed E-state index contributed by atoms with van der Waals surface area (Å²) in [5.41, 5.74) is 0. The van der Waals surface area contributed by atoms with Crippen LogP contribution >= 0.6 is 7.82 Å². The number of phosphoric ester groups is 1. The minimum Gasteiger partial charge on any atom is -0.498 e. The number of rotatable bonds is 40. The molecule has 0 aromatic rings. The summed E-state index contributed by atoms with van der Waals surface area (Å²) in [5, 5.41) is 42.6. The summed E-state index contributed by atoms with van der Waals surface area (Å²) in [6.07, 6.45) is 35.1. The van der Waals surface area contributed by atoms with Crippen molar-refractivity contribution in [2.45, 2.75) is 205 Å². The molecule has 14 heteroatoms. The van der Waals surface area contributed by atoms with Crippen LogP contribution in [0.15, 0.2) is 36.6 Å². The summed E-state index contributed by atoms with van der Waals surface area (Å²) in [5.74, 6) is -2.60. The highest BCUT2D eigenvalue weighted by Crippen LogP contribution is 2.43. The molecule has 0 bridgehead atoms. The van der Waals surface area contributed by atoms with E-state index in [2.05, 4.69) is 43.5 Å². The van der Waals surface area contributed by atoms with E-state index in [0.717, 1.165) is 64.2 Å². The standard InChI is InChI=1S/C45H84NO12P/c1-3-5-7-9-11-13-15-17-19-20-22-24-26-28-30-32-42(48)58-40(36-54-34-31-29-27-25-23-21-18-16-14-12-10-8-6-4-2)37-57-59(52,53)56-35-33-46-39-45(51)44(50)43(49)41(47)38-55-45/h11,13,17,19,31,34,40-41,43-44,46-47,49-51H,3-10,12,14-16,18,20-30,32-33,35-39H2,1-2H3,(H,52,53)/b13-11-,19-17-,34-31-/t40-,41-,43-,44+,45-/m1/s1. The predicted octanol–water partition coefficient (Wildman–Crippen LogP) is 8.86. The lowest BCUT2D eigenvalue weighted by Crippen LogP contribution is -2.64. The molecule has 1 fully saturated rings. The van der Waals surface area contributed by atoms with Gasteiger partial charge in [-0.1, -0.05) is 141 Å². The van der Waals surface area contributed by atoms with E-state index < -0.39 is 50.6 Å². The number of ether oxygens (including phenoxy) is 3. The molecule has 6 N–H and O–H groups in total. The van der Waals surface area contributed by atoms with Crippen molar-refractivity contribution in [1.82, 2.24) is 5.32 Å². The molecule has 0 saturated carbocycles. The molecule has 1 saturated heterocycles. The van der Waals surface area contributed by atoms with E-state index in [4.69, 9.17) is 23.3 Å². The number of esters is 1. The summed E-state index contributed by atoms with van der Waals surface area (Å²) >= 11 is 0. The Morgan fingerprint density at radius 1 is 0.746 bits per heavy atom. The van der Waals surface area contributed by atoms with Gasteiger partial charge in [-0.15, -0.1) is 0 Å². The van der Waals surface area contributed by atoms with Crippen LogP contribution < -0.4 is 5.32 Å². The highest BCUT2D eigenvalue weighted by molar-refractivity contribution is 7.47. The van der Waals surface area contributed by atoms with Crippen molar-refractivity contribution in [3.8, 4) is 0 Å². The molecule has 1 unspecified atom stereocenters. The van der Waals surface area contributed by atoms with Crippen molar-refractivity contribution in [2.24, 2.45) is 0 Å². The third-order valence-electron chi connectivity index (χ3n) is 10.3. The van der Waals surface area contributed by atoms with Gasteiger partial charge in [-0.25, -0.2) is 4.57 Å². The molecular weight excluding hydrogens is 777 g/mol. The molecular formula is C45H84NO12P. The second-order valence-corrected chi connectivity index (χ2v) is 17.4. The van der Waals surface area contributed by atoms with E-state index in [1.54, 1.807) is 6.26 Å². The first-order chi connectivity index (χ1) is 28.5. The highest BCUT2D eigenvalue weighted by Gasteiger charge is 2.48. The van der Waals surface area contributed by atoms with Crippen molar-refractivity contribution >= 4 is 13.8 Å². The van der Waals surface area contributed by atoms with E-state index in [9.17, 15) is 34.7 Å². The van der Waals surface area contributed by atoms with Gasteiger partial charge in [0.2, 0.25) is 5.79 Å². The number of hydrogen-bond donors (Lipinski definition) is 6. The number of carbonyl (C=O) groups is 1. The average Bonchev–Trinajstić information content (AvgIpc) is 3.21. The van der Waals surface area contributed by atoms with Crippen LogP contribution in [0.4, 0.5) is 0 Å². The summed E-state index contributed by atoms with van der Waals surface area (Å²) in [7, 11) is -4.57. The van der Waals surface area contributed by atoms with Crippen LogP contribution in [0.25, 0.3) is 0 Å². The Balaban J connectivity index is 2.41. The Bertz CT molecular complexity index is 1140. The SMILES string of the molecule is CCCCC/C=C\C/C=C\CCCCCCCC(=O)O[C@H](CO/C=C\CCCCCCCCCCCCCC)COP(=O)(O)OCCNC[C@@]1(O)OC[C@@H](O)[C@@H](O)[C@@H]1O. The molecule has 346 valence electrons. The lowest BCUT2D eigenvalue weighted by molar-refractivity contribution is -0.317. The summed E-state index contributed by atoms with van der Waals surface area (Å²) in [6.45, 7) is 2.87. The smallest absolute Gasteiger partial charge is 0.472 e. The molecule has 0 aromatic heterocycles. The van der Waals surface area contributed by atoms with E-state index in [1.807, 2.05) is 6.08 Å². The summed E-state index contributed by atoms with van der Waals surface area (Å²) < 4.78 is 39.1. The van der Waals surface area contributed by atoms with Crippen molar-refractivity contribution in [3.05, 3.63) is 36.6 Å². The van der Waals surface area contributed by atoms with E-state index in [1.165, 1.54) is 83.5 Å². The maximum Gasteiger partial charge on any atom is 0.472 e. The highest BCUT2D eigenvalue weighted by atomic mass is 31.2. The Hall–Kier alpha value is -1.64. The molecule has 0 amide bonds. The van der Waals surface area contributed by atoms with Crippen LogP contribution in [0.5, 0.6) is 0 Å². The number of aliphatic hydroxyl groups is 4. The van der Waals surface area contributed by atoms with Crippen LogP contribution in [0, 0.1) is 0 Å². The lowest BCUT2D eigenvalue weighted by Gasteiger charge is -2.41. The van der Waals surface area contributed by atoms with Gasteiger partial charge in [0.15, 0.2) is 6.10 Å². The molecule has 1 rings (SSSR count). The fourth-order valence-electron chi connectivity index (χ4n) is 6.61. The molecule has 0 spiro atoms. The molecule has 0 radical (unpaired) electrons. The molecule has 13 nitrogen and oxygen atoms in total. The zero-order valence-corrected chi connectivity index (χ0v) is 37.6. The number of allylic oxidation sites excluding steroid dienone is 5. The van der Waals surface area contributed by atoms with Crippen LogP contribution in [0.1, 0.15) is 174 Å². The second-order valence-electron chi connectivity index (χ2n) is 15.9. The zero-order chi connectivity index (χ0) is 43.3. The lowest BCUT2D eigenvalue weighted by atomic mass is 9.97. The zero-order valence-electron chi connectivity index (χ0n) is 36.7. The van der Waals surface area contributed by atoms with Crippen LogP contribution in [-0.4, -0.2) is 101 Å². The molecule has 0 aromatic carbocycles. The minimum absolute atomic E-state index is 0.0516. The number of unbranched alkanes of at least 4 members (excludes halogenated alkanes) is 20. The molecule has 1 heterocycles. The predicted molar refractivity (Wildman–Crippen MR) is 234 cm³/mol. The number of carbonyl (C=O) groups excluding carboxylic acids is 1. The molecule has 6 atom stereocenters.